The van der Waals surface area contributed by atoms with E-state index in [4.69, 9.17) is 0 Å². The van der Waals surface area contributed by atoms with E-state index in [1.54, 1.807) is 29.7 Å². The van der Waals surface area contributed by atoms with E-state index >= 15 is 0 Å². The van der Waals surface area contributed by atoms with Gasteiger partial charge in [0.2, 0.25) is 5.91 Å². The van der Waals surface area contributed by atoms with E-state index < -0.39 is 0 Å². The molecule has 2 N–H and O–H groups in total. The smallest absolute Gasteiger partial charge is 0.320 e. The van der Waals surface area contributed by atoms with Gasteiger partial charge in [-0.3, -0.25) is 14.8 Å². The van der Waals surface area contributed by atoms with E-state index in [2.05, 4.69) is 15.7 Å². The maximum Gasteiger partial charge on any atom is 0.320 e. The highest BCUT2D eigenvalue weighted by Gasteiger charge is 2.28. The number of amides is 3. The number of nitrogens with zero attached hydrogens (tertiary/aromatic N) is 3. The van der Waals surface area contributed by atoms with E-state index in [1.807, 2.05) is 31.2 Å². The molecular formula is C17H21N5O2. The van der Waals surface area contributed by atoms with Gasteiger partial charge in [-0.1, -0.05) is 18.2 Å². The second kappa shape index (κ2) is 6.35. The van der Waals surface area contributed by atoms with Crippen molar-refractivity contribution >= 4 is 23.4 Å². The van der Waals surface area contributed by atoms with Gasteiger partial charge in [0.1, 0.15) is 5.82 Å². The number of aromatic nitrogens is 2. The Bertz CT molecular complexity index is 783. The predicted octanol–water partition coefficient (Wildman–Crippen LogP) is 2.00. The highest BCUT2D eigenvalue weighted by atomic mass is 16.2. The van der Waals surface area contributed by atoms with Crippen LogP contribution in [0.4, 0.5) is 16.3 Å². The monoisotopic (exact) mass is 327 g/mol. The molecule has 7 heteroatoms. The van der Waals surface area contributed by atoms with Crippen molar-refractivity contribution in [1.29, 1.82) is 0 Å². The average molecular weight is 327 g/mol. The molecule has 7 nitrogen and oxygen atoms in total. The SMILES string of the molecule is Cc1cc(NC(=O)NC[C@@H]2CC(=O)N(C)c3ccccc32)n(C)n1. The van der Waals surface area contributed by atoms with Crippen LogP contribution in [0.5, 0.6) is 0 Å². The molecule has 2 heterocycles. The zero-order valence-electron chi connectivity index (χ0n) is 14.0. The lowest BCUT2D eigenvalue weighted by atomic mass is 9.89. The summed E-state index contributed by atoms with van der Waals surface area (Å²) in [6.45, 7) is 2.27. The Labute approximate surface area is 140 Å². The minimum atomic E-state index is -0.304. The van der Waals surface area contributed by atoms with E-state index in [1.165, 1.54) is 0 Å². The van der Waals surface area contributed by atoms with E-state index in [0.29, 0.717) is 18.8 Å². The second-order valence-electron chi connectivity index (χ2n) is 6.04. The molecule has 0 unspecified atom stereocenters. The summed E-state index contributed by atoms with van der Waals surface area (Å²) in [7, 11) is 3.55. The summed E-state index contributed by atoms with van der Waals surface area (Å²) in [5.41, 5.74) is 2.82. The predicted molar refractivity (Wildman–Crippen MR) is 92.2 cm³/mol. The van der Waals surface area contributed by atoms with E-state index in [-0.39, 0.29) is 17.9 Å². The van der Waals surface area contributed by atoms with Crippen LogP contribution in [0.3, 0.4) is 0 Å². The quantitative estimate of drug-likeness (QED) is 0.905. The summed E-state index contributed by atoms with van der Waals surface area (Å²) in [5.74, 6) is 0.664. The molecule has 1 atom stereocenters. The molecule has 126 valence electrons. The van der Waals surface area contributed by atoms with Gasteiger partial charge in [0.25, 0.3) is 0 Å². The van der Waals surface area contributed by atoms with Crippen LogP contribution in [0.25, 0.3) is 0 Å². The van der Waals surface area contributed by atoms with Crippen LogP contribution in [0.15, 0.2) is 30.3 Å². The van der Waals surface area contributed by atoms with Crippen LogP contribution in [0.1, 0.15) is 23.6 Å². The largest absolute Gasteiger partial charge is 0.337 e. The van der Waals surface area contributed by atoms with Gasteiger partial charge < -0.3 is 10.2 Å². The fourth-order valence-electron chi connectivity index (χ4n) is 3.02. The molecule has 0 saturated heterocycles. The third-order valence-corrected chi connectivity index (χ3v) is 4.29. The normalized spacial score (nSPS) is 16.7. The molecule has 0 aliphatic carbocycles. The van der Waals surface area contributed by atoms with Gasteiger partial charge in [-0.2, -0.15) is 5.10 Å². The van der Waals surface area contributed by atoms with Crippen molar-refractivity contribution < 1.29 is 9.59 Å². The summed E-state index contributed by atoms with van der Waals surface area (Å²) in [6, 6.07) is 9.30. The van der Waals surface area contributed by atoms with Gasteiger partial charge in [0, 0.05) is 44.7 Å². The Kier molecular flexibility index (Phi) is 4.24. The van der Waals surface area contributed by atoms with Crippen LogP contribution in [0, 0.1) is 6.92 Å². The molecule has 1 aromatic heterocycles. The number of rotatable bonds is 3. The first-order valence-electron chi connectivity index (χ1n) is 7.86. The lowest BCUT2D eigenvalue weighted by molar-refractivity contribution is -0.119. The molecule has 3 amide bonds. The number of carbonyl (C=O) groups excluding carboxylic acids is 2. The van der Waals surface area contributed by atoms with E-state index in [9.17, 15) is 9.59 Å². The standard InChI is InChI=1S/C17H21N5O2/c1-11-8-15(22(3)20-11)19-17(24)18-10-12-9-16(23)21(2)14-7-5-4-6-13(12)14/h4-8,12H,9-10H2,1-3H3,(H2,18,19,24)/t12-/m0/s1. The molecule has 1 aliphatic heterocycles. The molecule has 0 fully saturated rings. The van der Waals surface area contributed by atoms with Gasteiger partial charge in [-0.15, -0.1) is 0 Å². The van der Waals surface area contributed by atoms with Gasteiger partial charge >= 0.3 is 6.03 Å². The number of benzene rings is 1. The molecule has 3 rings (SSSR count). The first kappa shape index (κ1) is 16.0. The Balaban J connectivity index is 1.66. The Morgan fingerprint density at radius 3 is 2.79 bits per heavy atom. The summed E-state index contributed by atoms with van der Waals surface area (Å²) < 4.78 is 1.61. The maximum absolute atomic E-state index is 12.1. The molecule has 0 spiro atoms. The maximum atomic E-state index is 12.1. The molecule has 24 heavy (non-hydrogen) atoms. The third-order valence-electron chi connectivity index (χ3n) is 4.29. The van der Waals surface area contributed by atoms with Crippen molar-refractivity contribution in [2.45, 2.75) is 19.3 Å². The number of hydrogen-bond donors (Lipinski definition) is 2. The fraction of sp³-hybridized carbons (Fsp3) is 0.353. The molecule has 1 aliphatic rings. The number of hydrogen-bond acceptors (Lipinski definition) is 3. The van der Waals surface area contributed by atoms with Crippen molar-refractivity contribution in [2.75, 3.05) is 23.8 Å². The van der Waals surface area contributed by atoms with Crippen LogP contribution < -0.4 is 15.5 Å². The lowest BCUT2D eigenvalue weighted by Gasteiger charge is -2.31. The number of anilines is 2. The molecular weight excluding hydrogens is 306 g/mol. The second-order valence-corrected chi connectivity index (χ2v) is 6.04. The van der Waals surface area contributed by atoms with Crippen molar-refractivity contribution in [3.63, 3.8) is 0 Å². The minimum Gasteiger partial charge on any atom is -0.337 e. The van der Waals surface area contributed by atoms with Crippen molar-refractivity contribution in [3.8, 4) is 0 Å². The third kappa shape index (κ3) is 3.10. The van der Waals surface area contributed by atoms with Gasteiger partial charge in [0.05, 0.1) is 5.69 Å². The fourth-order valence-corrected chi connectivity index (χ4v) is 3.02. The molecule has 2 aromatic rings. The van der Waals surface area contributed by atoms with Crippen molar-refractivity contribution in [2.24, 2.45) is 7.05 Å². The summed E-state index contributed by atoms with van der Waals surface area (Å²) in [4.78, 5) is 25.9. The first-order valence-corrected chi connectivity index (χ1v) is 7.86. The summed E-state index contributed by atoms with van der Waals surface area (Å²) in [5, 5.41) is 9.81. The van der Waals surface area contributed by atoms with Crippen molar-refractivity contribution in [3.05, 3.63) is 41.6 Å². The van der Waals surface area contributed by atoms with Crippen LogP contribution in [-0.4, -0.2) is 35.3 Å². The zero-order chi connectivity index (χ0) is 17.3. The highest BCUT2D eigenvalue weighted by Crippen LogP contribution is 2.34. The average Bonchev–Trinajstić information content (AvgIpc) is 2.87. The Hall–Kier alpha value is -2.83. The topological polar surface area (TPSA) is 79.3 Å². The molecule has 0 bridgehead atoms. The van der Waals surface area contributed by atoms with Gasteiger partial charge in [0.15, 0.2) is 0 Å². The van der Waals surface area contributed by atoms with Gasteiger partial charge in [-0.05, 0) is 18.6 Å². The summed E-state index contributed by atoms with van der Waals surface area (Å²) >= 11 is 0. The first-order chi connectivity index (χ1) is 11.5. The molecule has 0 radical (unpaired) electrons. The number of carbonyl (C=O) groups is 2. The minimum absolute atomic E-state index is 0.0241. The Morgan fingerprint density at radius 1 is 1.33 bits per heavy atom. The number of para-hydroxylation sites is 1. The lowest BCUT2D eigenvalue weighted by Crippen LogP contribution is -2.39. The molecule has 0 saturated carbocycles. The van der Waals surface area contributed by atoms with Crippen LogP contribution in [-0.2, 0) is 11.8 Å². The number of nitrogens with one attached hydrogen (secondary N) is 2. The van der Waals surface area contributed by atoms with Crippen LogP contribution >= 0.6 is 0 Å². The highest BCUT2D eigenvalue weighted by molar-refractivity contribution is 5.96. The summed E-state index contributed by atoms with van der Waals surface area (Å²) in [6.07, 6.45) is 0.388. The van der Waals surface area contributed by atoms with E-state index in [0.717, 1.165) is 16.9 Å². The number of urea groups is 1. The number of aryl methyl sites for hydroxylation is 2. The van der Waals surface area contributed by atoms with Gasteiger partial charge in [-0.25, -0.2) is 4.79 Å². The van der Waals surface area contributed by atoms with Crippen LogP contribution in [0.2, 0.25) is 0 Å². The zero-order valence-corrected chi connectivity index (χ0v) is 14.0. The molecule has 1 aromatic carbocycles. The Morgan fingerprint density at radius 2 is 2.08 bits per heavy atom. The van der Waals surface area contributed by atoms with Crippen molar-refractivity contribution in [1.82, 2.24) is 15.1 Å². The number of fused-ring (bicyclic) bond motifs is 1.